The van der Waals surface area contributed by atoms with Crippen LogP contribution in [0.2, 0.25) is 0 Å². The lowest BCUT2D eigenvalue weighted by molar-refractivity contribution is -0.137. The summed E-state index contributed by atoms with van der Waals surface area (Å²) in [6, 6.07) is 13.9. The van der Waals surface area contributed by atoms with Gasteiger partial charge in [0, 0.05) is 12.5 Å². The number of hydrogen-bond acceptors (Lipinski definition) is 2. The van der Waals surface area contributed by atoms with Crippen molar-refractivity contribution in [2.24, 2.45) is 5.73 Å². The standard InChI is InChI=1S/C16H16F3NO/c17-16(18,19)13-8-6-12(7-9-13)15(20)10-11-21-14-4-2-1-3-5-14/h1-9,15H,10-11,20H2. The van der Waals surface area contributed by atoms with Crippen LogP contribution in [0.1, 0.15) is 23.6 Å². The number of halogens is 3. The summed E-state index contributed by atoms with van der Waals surface area (Å²) in [7, 11) is 0. The van der Waals surface area contributed by atoms with Crippen molar-refractivity contribution < 1.29 is 17.9 Å². The third-order valence-electron chi connectivity index (χ3n) is 3.11. The minimum absolute atomic E-state index is 0.351. The number of benzene rings is 2. The molecule has 112 valence electrons. The lowest BCUT2D eigenvalue weighted by Crippen LogP contribution is -2.14. The molecule has 21 heavy (non-hydrogen) atoms. The lowest BCUT2D eigenvalue weighted by Gasteiger charge is -2.14. The number of para-hydroxylation sites is 1. The molecule has 0 bridgehead atoms. The Morgan fingerprint density at radius 3 is 2.14 bits per heavy atom. The fraction of sp³-hybridized carbons (Fsp3) is 0.250. The van der Waals surface area contributed by atoms with E-state index in [2.05, 4.69) is 0 Å². The SMILES string of the molecule is NC(CCOc1ccccc1)c1ccc(C(F)(F)F)cc1. The molecule has 1 atom stereocenters. The summed E-state index contributed by atoms with van der Waals surface area (Å²) in [5.41, 5.74) is 5.96. The smallest absolute Gasteiger partial charge is 0.416 e. The van der Waals surface area contributed by atoms with E-state index in [1.807, 2.05) is 30.3 Å². The van der Waals surface area contributed by atoms with Gasteiger partial charge < -0.3 is 10.5 Å². The van der Waals surface area contributed by atoms with Crippen molar-refractivity contribution in [3.05, 3.63) is 65.7 Å². The van der Waals surface area contributed by atoms with E-state index in [0.717, 1.165) is 17.9 Å². The minimum atomic E-state index is -4.32. The Morgan fingerprint density at radius 2 is 1.57 bits per heavy atom. The van der Waals surface area contributed by atoms with Gasteiger partial charge in [-0.05, 0) is 29.8 Å². The Labute approximate surface area is 121 Å². The summed E-state index contributed by atoms with van der Waals surface area (Å²) in [6.45, 7) is 0.409. The highest BCUT2D eigenvalue weighted by atomic mass is 19.4. The molecule has 0 heterocycles. The van der Waals surface area contributed by atoms with Crippen LogP contribution in [0.4, 0.5) is 13.2 Å². The molecule has 0 aliphatic heterocycles. The molecule has 1 unspecified atom stereocenters. The Balaban J connectivity index is 1.87. The summed E-state index contributed by atoms with van der Waals surface area (Å²) < 4.78 is 42.9. The second-order valence-corrected chi connectivity index (χ2v) is 4.68. The molecule has 0 saturated heterocycles. The number of hydrogen-bond donors (Lipinski definition) is 1. The zero-order valence-corrected chi connectivity index (χ0v) is 11.3. The highest BCUT2D eigenvalue weighted by molar-refractivity contribution is 5.26. The van der Waals surface area contributed by atoms with Gasteiger partial charge in [-0.15, -0.1) is 0 Å². The molecule has 2 aromatic carbocycles. The maximum absolute atomic E-state index is 12.5. The molecule has 5 heteroatoms. The number of ether oxygens (including phenoxy) is 1. The average molecular weight is 295 g/mol. The van der Waals surface area contributed by atoms with Gasteiger partial charge in [-0.25, -0.2) is 0 Å². The fourth-order valence-electron chi connectivity index (χ4n) is 1.91. The molecule has 0 spiro atoms. The van der Waals surface area contributed by atoms with Crippen LogP contribution in [-0.4, -0.2) is 6.61 Å². The molecule has 0 fully saturated rings. The molecule has 2 N–H and O–H groups in total. The van der Waals surface area contributed by atoms with Crippen LogP contribution < -0.4 is 10.5 Å². The van der Waals surface area contributed by atoms with E-state index in [0.29, 0.717) is 18.6 Å². The van der Waals surface area contributed by atoms with Crippen molar-refractivity contribution in [2.75, 3.05) is 6.61 Å². The maximum atomic E-state index is 12.5. The molecule has 0 aromatic heterocycles. The van der Waals surface area contributed by atoms with Crippen molar-refractivity contribution in [1.82, 2.24) is 0 Å². The van der Waals surface area contributed by atoms with Crippen molar-refractivity contribution in [3.8, 4) is 5.75 Å². The second kappa shape index (κ2) is 6.63. The summed E-state index contributed by atoms with van der Waals surface area (Å²) in [5.74, 6) is 0.747. The summed E-state index contributed by atoms with van der Waals surface area (Å²) in [5, 5.41) is 0. The normalized spacial score (nSPS) is 13.0. The van der Waals surface area contributed by atoms with E-state index in [1.165, 1.54) is 12.1 Å². The van der Waals surface area contributed by atoms with Crippen molar-refractivity contribution in [3.63, 3.8) is 0 Å². The van der Waals surface area contributed by atoms with Crippen molar-refractivity contribution in [1.29, 1.82) is 0 Å². The van der Waals surface area contributed by atoms with E-state index in [9.17, 15) is 13.2 Å². The second-order valence-electron chi connectivity index (χ2n) is 4.68. The highest BCUT2D eigenvalue weighted by Crippen LogP contribution is 2.30. The molecule has 0 radical (unpaired) electrons. The number of alkyl halides is 3. The molecular formula is C16H16F3NO. The van der Waals surface area contributed by atoms with E-state index in [1.54, 1.807) is 0 Å². The van der Waals surface area contributed by atoms with Crippen LogP contribution in [0.15, 0.2) is 54.6 Å². The van der Waals surface area contributed by atoms with Gasteiger partial charge in [-0.2, -0.15) is 13.2 Å². The molecule has 0 amide bonds. The van der Waals surface area contributed by atoms with Crippen LogP contribution in [0.25, 0.3) is 0 Å². The Bertz CT molecular complexity index is 552. The molecule has 0 aliphatic rings. The lowest BCUT2D eigenvalue weighted by atomic mass is 10.0. The number of rotatable bonds is 5. The third-order valence-corrected chi connectivity index (χ3v) is 3.11. The molecule has 0 saturated carbocycles. The molecule has 2 rings (SSSR count). The summed E-state index contributed by atoms with van der Waals surface area (Å²) in [4.78, 5) is 0. The molecule has 2 aromatic rings. The fourth-order valence-corrected chi connectivity index (χ4v) is 1.91. The van der Waals surface area contributed by atoms with Crippen molar-refractivity contribution >= 4 is 0 Å². The first kappa shape index (κ1) is 15.4. The Morgan fingerprint density at radius 1 is 0.952 bits per heavy atom. The first-order valence-corrected chi connectivity index (χ1v) is 6.57. The quantitative estimate of drug-likeness (QED) is 0.898. The Hall–Kier alpha value is -2.01. The van der Waals surface area contributed by atoms with Crippen molar-refractivity contribution in [2.45, 2.75) is 18.6 Å². The van der Waals surface area contributed by atoms with Gasteiger partial charge in [0.05, 0.1) is 12.2 Å². The first-order chi connectivity index (χ1) is 9.97. The van der Waals surface area contributed by atoms with Gasteiger partial charge in [0.1, 0.15) is 5.75 Å². The summed E-state index contributed by atoms with van der Waals surface area (Å²) in [6.07, 6.45) is -3.79. The van der Waals surface area contributed by atoms with Gasteiger partial charge in [0.2, 0.25) is 0 Å². The zero-order valence-electron chi connectivity index (χ0n) is 11.3. The minimum Gasteiger partial charge on any atom is -0.494 e. The van der Waals surface area contributed by atoms with Crippen LogP contribution in [0.5, 0.6) is 5.75 Å². The van der Waals surface area contributed by atoms with E-state index in [4.69, 9.17) is 10.5 Å². The Kier molecular flexibility index (Phi) is 4.85. The highest BCUT2D eigenvalue weighted by Gasteiger charge is 2.30. The third kappa shape index (κ3) is 4.49. The maximum Gasteiger partial charge on any atom is 0.416 e. The largest absolute Gasteiger partial charge is 0.494 e. The van der Waals surface area contributed by atoms with Gasteiger partial charge >= 0.3 is 6.18 Å². The van der Waals surface area contributed by atoms with E-state index in [-0.39, 0.29) is 6.04 Å². The van der Waals surface area contributed by atoms with Crippen LogP contribution in [-0.2, 0) is 6.18 Å². The number of nitrogens with two attached hydrogens (primary N) is 1. The van der Waals surface area contributed by atoms with E-state index < -0.39 is 11.7 Å². The van der Waals surface area contributed by atoms with E-state index >= 15 is 0 Å². The van der Waals surface area contributed by atoms with Gasteiger partial charge in [-0.3, -0.25) is 0 Å². The molecule has 2 nitrogen and oxygen atoms in total. The van der Waals surface area contributed by atoms with Gasteiger partial charge in [-0.1, -0.05) is 30.3 Å². The predicted molar refractivity (Wildman–Crippen MR) is 74.9 cm³/mol. The van der Waals surface area contributed by atoms with Gasteiger partial charge in [0.25, 0.3) is 0 Å². The van der Waals surface area contributed by atoms with Crippen LogP contribution in [0.3, 0.4) is 0 Å². The first-order valence-electron chi connectivity index (χ1n) is 6.57. The molecular weight excluding hydrogens is 279 g/mol. The average Bonchev–Trinajstić information content (AvgIpc) is 2.47. The van der Waals surface area contributed by atoms with Gasteiger partial charge in [0.15, 0.2) is 0 Å². The zero-order chi connectivity index (χ0) is 15.3. The topological polar surface area (TPSA) is 35.2 Å². The monoisotopic (exact) mass is 295 g/mol. The predicted octanol–water partition coefficient (Wildman–Crippen LogP) is 4.17. The molecule has 0 aliphatic carbocycles. The van der Waals surface area contributed by atoms with Crippen LogP contribution >= 0.6 is 0 Å². The van der Waals surface area contributed by atoms with Crippen LogP contribution in [0, 0.1) is 0 Å². The summed E-state index contributed by atoms with van der Waals surface area (Å²) >= 11 is 0.